The third kappa shape index (κ3) is 2.81. The van der Waals surface area contributed by atoms with Crippen LogP contribution in [0.3, 0.4) is 0 Å². The summed E-state index contributed by atoms with van der Waals surface area (Å²) >= 11 is 17.5. The highest BCUT2D eigenvalue weighted by atomic mass is 79.9. The number of thiophene rings is 1. The average Bonchev–Trinajstić information content (AvgIpc) is 3.17. The summed E-state index contributed by atoms with van der Waals surface area (Å²) in [6.07, 6.45) is 0.645. The lowest BCUT2D eigenvalue weighted by atomic mass is 10.1. The molecule has 1 aromatic carbocycles. The largest absolute Gasteiger partial charge is 0.461 e. The van der Waals surface area contributed by atoms with Crippen LogP contribution in [0.5, 0.6) is 0 Å². The topological polar surface area (TPSA) is 44.1 Å². The highest BCUT2D eigenvalue weighted by Crippen LogP contribution is 2.46. The van der Waals surface area contributed by atoms with Crippen LogP contribution in [-0.2, 0) is 11.2 Å². The normalized spacial score (nSPS) is 12.2. The van der Waals surface area contributed by atoms with Gasteiger partial charge in [-0.1, -0.05) is 23.2 Å². The summed E-state index contributed by atoms with van der Waals surface area (Å²) in [7, 11) is 0. The van der Waals surface area contributed by atoms with E-state index in [4.69, 9.17) is 27.9 Å². The minimum absolute atomic E-state index is 0.301. The molecule has 0 atom stereocenters. The molecule has 25 heavy (non-hydrogen) atoms. The Morgan fingerprint density at radius 1 is 1.40 bits per heavy atom. The predicted octanol–water partition coefficient (Wildman–Crippen LogP) is 5.75. The van der Waals surface area contributed by atoms with E-state index in [0.717, 1.165) is 25.5 Å². The molecule has 0 bridgehead atoms. The molecule has 0 spiro atoms. The van der Waals surface area contributed by atoms with Crippen LogP contribution in [0.1, 0.15) is 28.5 Å². The molecule has 2 aromatic heterocycles. The molecule has 1 aliphatic rings. The number of aromatic nitrogens is 2. The molecule has 0 aliphatic heterocycles. The number of halogens is 3. The van der Waals surface area contributed by atoms with Crippen LogP contribution in [-0.4, -0.2) is 22.4 Å². The average molecular weight is 458 g/mol. The van der Waals surface area contributed by atoms with E-state index >= 15 is 0 Å². The summed E-state index contributed by atoms with van der Waals surface area (Å²) in [5.41, 5.74) is 3.93. The number of carbonyl (C=O) groups excluding carboxylic acids is 1. The van der Waals surface area contributed by atoms with Crippen molar-refractivity contribution in [3.05, 3.63) is 54.9 Å². The molecule has 0 fully saturated rings. The first-order chi connectivity index (χ1) is 12.0. The maximum atomic E-state index is 12.4. The van der Waals surface area contributed by atoms with Crippen molar-refractivity contribution in [1.29, 1.82) is 0 Å². The van der Waals surface area contributed by atoms with E-state index in [1.165, 1.54) is 0 Å². The van der Waals surface area contributed by atoms with E-state index in [1.54, 1.807) is 41.1 Å². The van der Waals surface area contributed by atoms with E-state index < -0.39 is 5.97 Å². The molecule has 0 amide bonds. The fourth-order valence-corrected chi connectivity index (χ4v) is 5.17. The number of fused-ring (bicyclic) bond motifs is 3. The van der Waals surface area contributed by atoms with Crippen LogP contribution in [0.2, 0.25) is 10.0 Å². The quantitative estimate of drug-likeness (QED) is 0.368. The smallest absolute Gasteiger partial charge is 0.359 e. The Morgan fingerprint density at radius 2 is 2.20 bits per heavy atom. The molecule has 3 aromatic rings. The summed E-state index contributed by atoms with van der Waals surface area (Å²) in [4.78, 5) is 13.4. The summed E-state index contributed by atoms with van der Waals surface area (Å²) < 4.78 is 7.93. The molecule has 0 saturated carbocycles. The van der Waals surface area contributed by atoms with E-state index in [1.807, 2.05) is 0 Å². The number of hydrogen-bond acceptors (Lipinski definition) is 4. The Kier molecular flexibility index (Phi) is 4.40. The zero-order valence-corrected chi connectivity index (χ0v) is 16.9. The maximum Gasteiger partial charge on any atom is 0.359 e. The summed E-state index contributed by atoms with van der Waals surface area (Å²) in [5, 5.41) is 5.54. The van der Waals surface area contributed by atoms with Gasteiger partial charge in [-0.05, 0) is 52.7 Å². The van der Waals surface area contributed by atoms with Gasteiger partial charge in [-0.2, -0.15) is 5.10 Å². The molecule has 128 valence electrons. The van der Waals surface area contributed by atoms with Crippen molar-refractivity contribution in [2.45, 2.75) is 13.3 Å². The summed E-state index contributed by atoms with van der Waals surface area (Å²) in [6.45, 7) is 2.08. The lowest BCUT2D eigenvalue weighted by Crippen LogP contribution is -2.09. The zero-order chi connectivity index (χ0) is 17.7. The van der Waals surface area contributed by atoms with Crippen molar-refractivity contribution >= 4 is 56.4 Å². The molecule has 0 radical (unpaired) electrons. The Morgan fingerprint density at radius 3 is 2.92 bits per heavy atom. The van der Waals surface area contributed by atoms with Crippen molar-refractivity contribution in [3.8, 4) is 16.3 Å². The van der Waals surface area contributed by atoms with Gasteiger partial charge >= 0.3 is 5.97 Å². The second kappa shape index (κ2) is 6.43. The van der Waals surface area contributed by atoms with E-state index in [0.29, 0.717) is 34.5 Å². The molecule has 0 saturated heterocycles. The fourth-order valence-electron chi connectivity index (χ4n) is 2.96. The van der Waals surface area contributed by atoms with Gasteiger partial charge in [-0.3, -0.25) is 0 Å². The van der Waals surface area contributed by atoms with Gasteiger partial charge in [0.25, 0.3) is 0 Å². The Hall–Kier alpha value is -1.34. The number of benzene rings is 1. The van der Waals surface area contributed by atoms with Crippen LogP contribution in [0.4, 0.5) is 0 Å². The predicted molar refractivity (Wildman–Crippen MR) is 103 cm³/mol. The number of esters is 1. The first-order valence-corrected chi connectivity index (χ1v) is 9.89. The van der Waals surface area contributed by atoms with E-state index in [9.17, 15) is 4.79 Å². The van der Waals surface area contributed by atoms with Crippen molar-refractivity contribution in [2.24, 2.45) is 0 Å². The number of ether oxygens (including phenoxy) is 1. The Labute approximate surface area is 166 Å². The fraction of sp³-hybridized carbons (Fsp3) is 0.176. The van der Waals surface area contributed by atoms with E-state index in [2.05, 4.69) is 27.1 Å². The molecule has 4 nitrogen and oxygen atoms in total. The van der Waals surface area contributed by atoms with Gasteiger partial charge in [0.2, 0.25) is 0 Å². The van der Waals surface area contributed by atoms with Crippen LogP contribution in [0.15, 0.2) is 28.1 Å². The van der Waals surface area contributed by atoms with Gasteiger partial charge in [-0.25, -0.2) is 9.48 Å². The molecule has 1 aliphatic carbocycles. The molecular weight excluding hydrogens is 447 g/mol. The van der Waals surface area contributed by atoms with Crippen LogP contribution in [0, 0.1) is 0 Å². The second-order valence-corrected chi connectivity index (χ2v) is 8.76. The molecule has 4 rings (SSSR count). The first kappa shape index (κ1) is 17.1. The number of nitrogens with zero attached hydrogens (tertiary/aromatic N) is 2. The van der Waals surface area contributed by atoms with Crippen LogP contribution >= 0.6 is 50.5 Å². The van der Waals surface area contributed by atoms with Gasteiger partial charge in [0, 0.05) is 17.0 Å². The van der Waals surface area contributed by atoms with E-state index in [-0.39, 0.29) is 0 Å². The molecule has 0 unspecified atom stereocenters. The summed E-state index contributed by atoms with van der Waals surface area (Å²) in [5.74, 6) is -0.420. The van der Waals surface area contributed by atoms with Crippen LogP contribution in [0.25, 0.3) is 16.3 Å². The Balaban J connectivity index is 1.96. The van der Waals surface area contributed by atoms with Crippen LogP contribution < -0.4 is 0 Å². The zero-order valence-electron chi connectivity index (χ0n) is 13.0. The first-order valence-electron chi connectivity index (χ1n) is 7.52. The third-order valence-corrected chi connectivity index (χ3v) is 6.18. The lowest BCUT2D eigenvalue weighted by Gasteiger charge is -2.08. The highest BCUT2D eigenvalue weighted by Gasteiger charge is 2.33. The lowest BCUT2D eigenvalue weighted by molar-refractivity contribution is 0.0518. The van der Waals surface area contributed by atoms with Crippen molar-refractivity contribution < 1.29 is 9.53 Å². The molecule has 0 N–H and O–H groups in total. The van der Waals surface area contributed by atoms with Gasteiger partial charge in [-0.15, -0.1) is 11.3 Å². The minimum Gasteiger partial charge on any atom is -0.461 e. The van der Waals surface area contributed by atoms with Crippen molar-refractivity contribution in [1.82, 2.24) is 9.78 Å². The number of hydrogen-bond donors (Lipinski definition) is 0. The second-order valence-electron chi connectivity index (χ2n) is 5.49. The maximum absolute atomic E-state index is 12.4. The standard InChI is InChI=1S/C17H11BrCl2N2O2S/c1-2-24-17(23)14-10-5-8-6-13(18)25-16(8)15(10)22(21-14)12-4-3-9(19)7-11(12)20/h3-4,6-7H,2,5H2,1H3. The number of rotatable bonds is 3. The van der Waals surface area contributed by atoms with Crippen molar-refractivity contribution in [2.75, 3.05) is 6.61 Å². The number of carbonyl (C=O) groups is 1. The minimum atomic E-state index is -0.420. The Bertz CT molecular complexity index is 1010. The molecule has 8 heteroatoms. The van der Waals surface area contributed by atoms with Gasteiger partial charge in [0.05, 0.1) is 31.7 Å². The molecule has 2 heterocycles. The van der Waals surface area contributed by atoms with Gasteiger partial charge in [0.15, 0.2) is 5.69 Å². The monoisotopic (exact) mass is 456 g/mol. The third-order valence-electron chi connectivity index (χ3n) is 3.95. The summed E-state index contributed by atoms with van der Waals surface area (Å²) in [6, 6.07) is 7.29. The highest BCUT2D eigenvalue weighted by molar-refractivity contribution is 9.11. The van der Waals surface area contributed by atoms with Gasteiger partial charge in [0.1, 0.15) is 0 Å². The van der Waals surface area contributed by atoms with Gasteiger partial charge < -0.3 is 4.74 Å². The molecular formula is C17H11BrCl2N2O2S. The SMILES string of the molecule is CCOC(=O)c1nn(-c2ccc(Cl)cc2Cl)c2c1Cc1cc(Br)sc1-2. The van der Waals surface area contributed by atoms with Crippen molar-refractivity contribution in [3.63, 3.8) is 0 Å².